The molecule has 1 aliphatic rings. The van der Waals surface area contributed by atoms with Crippen LogP contribution in [-0.2, 0) is 16.1 Å². The van der Waals surface area contributed by atoms with Crippen LogP contribution in [0.2, 0.25) is 0 Å². The van der Waals surface area contributed by atoms with Gasteiger partial charge in [-0.05, 0) is 41.8 Å². The molecule has 1 aromatic heterocycles. The number of hydrogen-bond donors (Lipinski definition) is 2. The molecule has 168 valence electrons. The van der Waals surface area contributed by atoms with E-state index in [-0.39, 0.29) is 36.7 Å². The first-order chi connectivity index (χ1) is 14.9. The van der Waals surface area contributed by atoms with Crippen LogP contribution in [0.15, 0.2) is 18.2 Å². The number of nitro benzene ring substituents is 1. The van der Waals surface area contributed by atoms with Crippen molar-refractivity contribution in [3.63, 3.8) is 0 Å². The summed E-state index contributed by atoms with van der Waals surface area (Å²) in [4.78, 5) is 23.0. The summed E-state index contributed by atoms with van der Waals surface area (Å²) < 4.78 is 11.4. The third-order valence-corrected chi connectivity index (χ3v) is 5.34. The Morgan fingerprint density at radius 1 is 1.42 bits per heavy atom. The normalized spacial score (nSPS) is 19.6. The van der Waals surface area contributed by atoms with Gasteiger partial charge in [0.2, 0.25) is 0 Å². The predicted molar refractivity (Wildman–Crippen MR) is 109 cm³/mol. The number of carbonyl (C=O) groups is 1. The van der Waals surface area contributed by atoms with Crippen LogP contribution in [0.1, 0.15) is 50.0 Å². The van der Waals surface area contributed by atoms with E-state index in [9.17, 15) is 14.9 Å². The van der Waals surface area contributed by atoms with Crippen LogP contribution < -0.4 is 15.8 Å². The Morgan fingerprint density at radius 2 is 2.19 bits per heavy atom. The standard InChI is InChI=1S/C19H27N7O5/c1-3-31-17(27)11-25-19(22-23-24-25)18(21-14-7-5-4-6-13(14)20)12-8-9-16(30-2)15(10-12)26(28)29/h8-10,13-14,18,21H,3-7,11,20H2,1-2H3. The summed E-state index contributed by atoms with van der Waals surface area (Å²) in [5, 5.41) is 26.7. The molecular weight excluding hydrogens is 406 g/mol. The molecule has 0 radical (unpaired) electrons. The maximum absolute atomic E-state index is 12.0. The first-order valence-corrected chi connectivity index (χ1v) is 10.2. The molecule has 3 unspecified atom stereocenters. The topological polar surface area (TPSA) is 160 Å². The zero-order chi connectivity index (χ0) is 22.4. The minimum atomic E-state index is -0.622. The predicted octanol–water partition coefficient (Wildman–Crippen LogP) is 1.10. The van der Waals surface area contributed by atoms with Crippen LogP contribution in [0.5, 0.6) is 5.75 Å². The number of ether oxygens (including phenoxy) is 2. The van der Waals surface area contributed by atoms with E-state index >= 15 is 0 Å². The highest BCUT2D eigenvalue weighted by Crippen LogP contribution is 2.32. The van der Waals surface area contributed by atoms with E-state index < -0.39 is 16.9 Å². The molecule has 31 heavy (non-hydrogen) atoms. The van der Waals surface area contributed by atoms with Crippen molar-refractivity contribution < 1.29 is 19.2 Å². The van der Waals surface area contributed by atoms with Gasteiger partial charge in [0, 0.05) is 18.2 Å². The number of nitrogens with zero attached hydrogens (tertiary/aromatic N) is 5. The summed E-state index contributed by atoms with van der Waals surface area (Å²) in [6.07, 6.45) is 3.81. The van der Waals surface area contributed by atoms with Gasteiger partial charge < -0.3 is 15.2 Å². The number of nitrogens with two attached hydrogens (primary N) is 1. The van der Waals surface area contributed by atoms with Gasteiger partial charge in [-0.3, -0.25) is 20.2 Å². The second-order valence-electron chi connectivity index (χ2n) is 7.34. The second-order valence-corrected chi connectivity index (χ2v) is 7.34. The highest BCUT2D eigenvalue weighted by Gasteiger charge is 2.31. The average molecular weight is 433 g/mol. The van der Waals surface area contributed by atoms with E-state index in [2.05, 4.69) is 20.8 Å². The maximum Gasteiger partial charge on any atom is 0.327 e. The lowest BCUT2D eigenvalue weighted by molar-refractivity contribution is -0.385. The quantitative estimate of drug-likeness (QED) is 0.333. The average Bonchev–Trinajstić information content (AvgIpc) is 3.20. The number of benzene rings is 1. The molecular formula is C19H27N7O5. The fourth-order valence-electron chi connectivity index (χ4n) is 3.79. The molecule has 0 bridgehead atoms. The molecule has 2 aromatic rings. The molecule has 12 nitrogen and oxygen atoms in total. The minimum Gasteiger partial charge on any atom is -0.490 e. The Balaban J connectivity index is 2.00. The van der Waals surface area contributed by atoms with Gasteiger partial charge in [-0.1, -0.05) is 18.9 Å². The molecule has 3 rings (SSSR count). The smallest absolute Gasteiger partial charge is 0.327 e. The summed E-state index contributed by atoms with van der Waals surface area (Å²) in [5.74, 6) is 0.00292. The summed E-state index contributed by atoms with van der Waals surface area (Å²) in [5.41, 5.74) is 6.70. The first-order valence-electron chi connectivity index (χ1n) is 10.2. The minimum absolute atomic E-state index is 0.0346. The number of rotatable bonds is 9. The van der Waals surface area contributed by atoms with Gasteiger partial charge in [0.15, 0.2) is 11.6 Å². The third-order valence-electron chi connectivity index (χ3n) is 5.34. The Labute approximate surface area is 179 Å². The Morgan fingerprint density at radius 3 is 2.87 bits per heavy atom. The number of carbonyl (C=O) groups excluding carboxylic acids is 1. The number of methoxy groups -OCH3 is 1. The number of esters is 1. The SMILES string of the molecule is CCOC(=O)Cn1nnnc1C(NC1CCCCC1N)c1ccc(OC)c([N+](=O)[O-])c1. The summed E-state index contributed by atoms with van der Waals surface area (Å²) in [6, 6.07) is 3.94. The van der Waals surface area contributed by atoms with E-state index in [0.29, 0.717) is 11.4 Å². The monoisotopic (exact) mass is 433 g/mol. The second kappa shape index (κ2) is 10.3. The molecule has 1 aliphatic carbocycles. The number of tetrazole rings is 1. The molecule has 0 spiro atoms. The molecule has 1 aromatic carbocycles. The zero-order valence-electron chi connectivity index (χ0n) is 17.6. The summed E-state index contributed by atoms with van der Waals surface area (Å²) in [6.45, 7) is 1.77. The lowest BCUT2D eigenvalue weighted by Gasteiger charge is -2.33. The molecule has 1 saturated carbocycles. The Bertz CT molecular complexity index is 919. The van der Waals surface area contributed by atoms with Crippen molar-refractivity contribution in [1.82, 2.24) is 25.5 Å². The Hall–Kier alpha value is -3.12. The molecule has 0 amide bonds. The molecule has 0 aliphatic heterocycles. The molecule has 1 fully saturated rings. The molecule has 3 atom stereocenters. The lowest BCUT2D eigenvalue weighted by atomic mass is 9.89. The van der Waals surface area contributed by atoms with E-state index in [1.165, 1.54) is 23.9 Å². The first kappa shape index (κ1) is 22.6. The van der Waals surface area contributed by atoms with Crippen LogP contribution in [0.3, 0.4) is 0 Å². The van der Waals surface area contributed by atoms with Crippen LogP contribution in [0, 0.1) is 10.1 Å². The van der Waals surface area contributed by atoms with E-state index in [1.54, 1.807) is 13.0 Å². The van der Waals surface area contributed by atoms with Crippen LogP contribution in [0.4, 0.5) is 5.69 Å². The van der Waals surface area contributed by atoms with E-state index in [4.69, 9.17) is 15.2 Å². The Kier molecular flexibility index (Phi) is 7.47. The van der Waals surface area contributed by atoms with Crippen LogP contribution in [-0.4, -0.2) is 56.9 Å². The number of nitro groups is 1. The summed E-state index contributed by atoms with van der Waals surface area (Å²) in [7, 11) is 1.37. The largest absolute Gasteiger partial charge is 0.490 e. The number of hydrogen-bond acceptors (Lipinski definition) is 10. The van der Waals surface area contributed by atoms with Gasteiger partial charge in [0.05, 0.1) is 24.7 Å². The highest BCUT2D eigenvalue weighted by molar-refractivity contribution is 5.69. The highest BCUT2D eigenvalue weighted by atomic mass is 16.6. The van der Waals surface area contributed by atoms with Crippen molar-refractivity contribution in [2.75, 3.05) is 13.7 Å². The third kappa shape index (κ3) is 5.33. The van der Waals surface area contributed by atoms with Crippen LogP contribution >= 0.6 is 0 Å². The number of nitrogens with one attached hydrogen (secondary N) is 1. The van der Waals surface area contributed by atoms with Crippen molar-refractivity contribution in [3.05, 3.63) is 39.7 Å². The molecule has 1 heterocycles. The zero-order valence-corrected chi connectivity index (χ0v) is 17.6. The van der Waals surface area contributed by atoms with Gasteiger partial charge in [0.1, 0.15) is 6.54 Å². The lowest BCUT2D eigenvalue weighted by Crippen LogP contribution is -2.49. The fraction of sp³-hybridized carbons (Fsp3) is 0.579. The molecule has 0 saturated heterocycles. The fourth-order valence-corrected chi connectivity index (χ4v) is 3.79. The van der Waals surface area contributed by atoms with Gasteiger partial charge >= 0.3 is 11.7 Å². The molecule has 3 N–H and O–H groups in total. The molecule has 12 heteroatoms. The number of aromatic nitrogens is 4. The van der Waals surface area contributed by atoms with Crippen molar-refractivity contribution in [2.45, 2.75) is 57.3 Å². The van der Waals surface area contributed by atoms with Gasteiger partial charge in [0.25, 0.3) is 0 Å². The van der Waals surface area contributed by atoms with E-state index in [0.717, 1.165) is 25.7 Å². The van der Waals surface area contributed by atoms with Gasteiger partial charge in [-0.15, -0.1) is 5.10 Å². The van der Waals surface area contributed by atoms with Crippen molar-refractivity contribution in [3.8, 4) is 5.75 Å². The maximum atomic E-state index is 12.0. The van der Waals surface area contributed by atoms with Crippen LogP contribution in [0.25, 0.3) is 0 Å². The van der Waals surface area contributed by atoms with Crippen molar-refractivity contribution in [1.29, 1.82) is 0 Å². The van der Waals surface area contributed by atoms with E-state index in [1.807, 2.05) is 0 Å². The van der Waals surface area contributed by atoms with Gasteiger partial charge in [-0.25, -0.2) is 4.68 Å². The van der Waals surface area contributed by atoms with Crippen molar-refractivity contribution >= 4 is 11.7 Å². The summed E-state index contributed by atoms with van der Waals surface area (Å²) >= 11 is 0. The van der Waals surface area contributed by atoms with Gasteiger partial charge in [-0.2, -0.15) is 0 Å². The van der Waals surface area contributed by atoms with Crippen molar-refractivity contribution in [2.24, 2.45) is 5.73 Å².